The van der Waals surface area contributed by atoms with Crippen LogP contribution in [0.2, 0.25) is 0 Å². The van der Waals surface area contributed by atoms with Gasteiger partial charge in [-0.2, -0.15) is 10.5 Å². The lowest BCUT2D eigenvalue weighted by atomic mass is 9.98. The van der Waals surface area contributed by atoms with E-state index in [1.165, 1.54) is 27.2 Å². The summed E-state index contributed by atoms with van der Waals surface area (Å²) in [5.41, 5.74) is 12.5. The summed E-state index contributed by atoms with van der Waals surface area (Å²) in [6.45, 7) is 0. The molecule has 55 heavy (non-hydrogen) atoms. The molecule has 0 N–H and O–H groups in total. The van der Waals surface area contributed by atoms with Crippen LogP contribution in [-0.2, 0) is 0 Å². The number of fused-ring (bicyclic) bond motifs is 9. The highest BCUT2D eigenvalue weighted by molar-refractivity contribution is 6.17. The van der Waals surface area contributed by atoms with Gasteiger partial charge in [-0.1, -0.05) is 109 Å². The molecule has 0 unspecified atom stereocenters. The third-order valence-electron chi connectivity index (χ3n) is 11.1. The zero-order valence-corrected chi connectivity index (χ0v) is 29.5. The number of aromatic nitrogens is 3. The van der Waals surface area contributed by atoms with E-state index in [-0.39, 0.29) is 0 Å². The van der Waals surface area contributed by atoms with E-state index in [0.29, 0.717) is 11.1 Å². The van der Waals surface area contributed by atoms with Gasteiger partial charge in [-0.15, -0.1) is 0 Å². The largest absolute Gasteiger partial charge is 0.309 e. The van der Waals surface area contributed by atoms with Gasteiger partial charge in [0.25, 0.3) is 0 Å². The summed E-state index contributed by atoms with van der Waals surface area (Å²) in [7, 11) is 0. The smallest absolute Gasteiger partial charge is 0.101 e. The first-order chi connectivity index (χ1) is 27.2. The van der Waals surface area contributed by atoms with Crippen molar-refractivity contribution < 1.29 is 0 Å². The van der Waals surface area contributed by atoms with E-state index < -0.39 is 0 Å². The van der Waals surface area contributed by atoms with Crippen LogP contribution in [-0.4, -0.2) is 13.7 Å². The van der Waals surface area contributed by atoms with Crippen molar-refractivity contribution in [3.05, 3.63) is 187 Å². The molecule has 0 saturated heterocycles. The zero-order valence-electron chi connectivity index (χ0n) is 29.5. The van der Waals surface area contributed by atoms with E-state index in [0.717, 1.165) is 66.4 Å². The van der Waals surface area contributed by atoms with E-state index in [4.69, 9.17) is 0 Å². The SMILES string of the molecule is N#Cc1ccc2c(c1)c1ccccc1n2-c1c(C#N)cccc1-c1ccccc1-n1c2ccccc2c2c(-n3c4ccccc4c4ccccc43)cccc21. The van der Waals surface area contributed by atoms with Crippen molar-refractivity contribution in [2.45, 2.75) is 0 Å². The maximum atomic E-state index is 10.7. The van der Waals surface area contributed by atoms with Gasteiger partial charge in [0, 0.05) is 43.4 Å². The number of nitrogens with zero attached hydrogens (tertiary/aromatic N) is 5. The topological polar surface area (TPSA) is 62.4 Å². The van der Waals surface area contributed by atoms with Crippen molar-refractivity contribution in [1.29, 1.82) is 10.5 Å². The number of rotatable bonds is 4. The Morgan fingerprint density at radius 1 is 0.345 bits per heavy atom. The number of hydrogen-bond donors (Lipinski definition) is 0. The highest BCUT2D eigenvalue weighted by Crippen LogP contribution is 2.44. The molecule has 0 aliphatic rings. The standard InChI is InChI=1S/C50H29N5/c51-30-32-27-28-46-40(29-32)37-17-4-9-23-44(37)55(46)50-33(31-52)13-11-19-38(50)36-16-3-8-22-43(36)54-45-24-10-5-18-39(45)49-47(25-12-26-48(49)54)53-41-20-6-1-14-34(41)35-15-2-7-21-42(35)53/h1-29H. The van der Waals surface area contributed by atoms with Gasteiger partial charge in [-0.25, -0.2) is 0 Å². The normalized spacial score (nSPS) is 11.6. The fourth-order valence-electron chi connectivity index (χ4n) is 8.90. The molecular formula is C50H29N5. The maximum Gasteiger partial charge on any atom is 0.101 e. The molecule has 0 aliphatic carbocycles. The predicted molar refractivity (Wildman–Crippen MR) is 224 cm³/mol. The molecular weight excluding hydrogens is 671 g/mol. The average molecular weight is 700 g/mol. The first-order valence-corrected chi connectivity index (χ1v) is 18.3. The fraction of sp³-hybridized carbons (Fsp3) is 0. The minimum atomic E-state index is 0.565. The van der Waals surface area contributed by atoms with Crippen LogP contribution < -0.4 is 0 Å². The molecule has 0 spiro atoms. The molecule has 0 radical (unpaired) electrons. The Balaban J connectivity index is 1.23. The summed E-state index contributed by atoms with van der Waals surface area (Å²) in [6, 6.07) is 65.9. The van der Waals surface area contributed by atoms with Gasteiger partial charge in [0.05, 0.1) is 67.4 Å². The molecule has 0 amide bonds. The Kier molecular flexibility index (Phi) is 6.61. The second-order valence-electron chi connectivity index (χ2n) is 13.9. The quantitative estimate of drug-likeness (QED) is 0.184. The van der Waals surface area contributed by atoms with Gasteiger partial charge in [0.15, 0.2) is 0 Å². The van der Waals surface area contributed by atoms with Crippen molar-refractivity contribution in [3.8, 4) is 40.3 Å². The molecule has 8 aromatic carbocycles. The molecule has 0 aliphatic heterocycles. The van der Waals surface area contributed by atoms with Crippen LogP contribution in [0.3, 0.4) is 0 Å². The molecule has 11 aromatic rings. The summed E-state index contributed by atoms with van der Waals surface area (Å²) in [6.07, 6.45) is 0. The number of hydrogen-bond acceptors (Lipinski definition) is 2. The summed E-state index contributed by atoms with van der Waals surface area (Å²) < 4.78 is 6.98. The highest BCUT2D eigenvalue weighted by Gasteiger charge is 2.24. The maximum absolute atomic E-state index is 10.7. The molecule has 0 saturated carbocycles. The molecule has 11 rings (SSSR count). The van der Waals surface area contributed by atoms with Gasteiger partial charge in [-0.05, 0) is 66.7 Å². The van der Waals surface area contributed by atoms with E-state index in [2.05, 4.69) is 159 Å². The first-order valence-electron chi connectivity index (χ1n) is 18.3. The van der Waals surface area contributed by atoms with Crippen molar-refractivity contribution in [2.24, 2.45) is 0 Å². The highest BCUT2D eigenvalue weighted by atomic mass is 15.0. The second kappa shape index (κ2) is 11.8. The van der Waals surface area contributed by atoms with E-state index >= 15 is 0 Å². The Bertz CT molecular complexity index is 3420. The Labute approximate surface area is 316 Å². The van der Waals surface area contributed by atoms with Crippen molar-refractivity contribution >= 4 is 65.4 Å². The van der Waals surface area contributed by atoms with Crippen LogP contribution in [0.15, 0.2) is 176 Å². The minimum absolute atomic E-state index is 0.565. The number of para-hydroxylation sites is 6. The molecule has 254 valence electrons. The minimum Gasteiger partial charge on any atom is -0.309 e. The second-order valence-corrected chi connectivity index (χ2v) is 13.9. The van der Waals surface area contributed by atoms with Gasteiger partial charge in [0.2, 0.25) is 0 Å². The Hall–Kier alpha value is -7.86. The van der Waals surface area contributed by atoms with Gasteiger partial charge < -0.3 is 13.7 Å². The molecule has 0 bridgehead atoms. The van der Waals surface area contributed by atoms with Crippen LogP contribution in [0, 0.1) is 22.7 Å². The molecule has 3 heterocycles. The molecule has 3 aromatic heterocycles. The lowest BCUT2D eigenvalue weighted by Crippen LogP contribution is -2.03. The van der Waals surface area contributed by atoms with Crippen LogP contribution in [0.25, 0.3) is 93.6 Å². The van der Waals surface area contributed by atoms with E-state index in [1.54, 1.807) is 0 Å². The van der Waals surface area contributed by atoms with Gasteiger partial charge in [0.1, 0.15) is 6.07 Å². The number of nitriles is 2. The van der Waals surface area contributed by atoms with E-state index in [1.807, 2.05) is 42.5 Å². The van der Waals surface area contributed by atoms with Crippen molar-refractivity contribution in [2.75, 3.05) is 0 Å². The Morgan fingerprint density at radius 3 is 1.53 bits per heavy atom. The van der Waals surface area contributed by atoms with Gasteiger partial charge in [-0.3, -0.25) is 0 Å². The molecule has 5 heteroatoms. The third kappa shape index (κ3) is 4.33. The predicted octanol–water partition coefficient (Wildman–Crippen LogP) is 12.4. The summed E-state index contributed by atoms with van der Waals surface area (Å²) in [4.78, 5) is 0. The first kappa shape index (κ1) is 30.7. The summed E-state index contributed by atoms with van der Waals surface area (Å²) in [5.74, 6) is 0. The monoisotopic (exact) mass is 699 g/mol. The van der Waals surface area contributed by atoms with Gasteiger partial charge >= 0.3 is 0 Å². The zero-order chi connectivity index (χ0) is 36.6. The van der Waals surface area contributed by atoms with Crippen LogP contribution in [0.4, 0.5) is 0 Å². The fourth-order valence-corrected chi connectivity index (χ4v) is 8.90. The third-order valence-corrected chi connectivity index (χ3v) is 11.1. The van der Waals surface area contributed by atoms with Crippen molar-refractivity contribution in [3.63, 3.8) is 0 Å². The molecule has 0 atom stereocenters. The summed E-state index contributed by atoms with van der Waals surface area (Å²) >= 11 is 0. The van der Waals surface area contributed by atoms with Crippen LogP contribution in [0.5, 0.6) is 0 Å². The Morgan fingerprint density at radius 2 is 0.836 bits per heavy atom. The lowest BCUT2D eigenvalue weighted by Gasteiger charge is -2.19. The lowest BCUT2D eigenvalue weighted by molar-refractivity contribution is 1.15. The van der Waals surface area contributed by atoms with Crippen LogP contribution in [0.1, 0.15) is 11.1 Å². The number of benzene rings is 8. The average Bonchev–Trinajstić information content (AvgIpc) is 3.89. The van der Waals surface area contributed by atoms with E-state index in [9.17, 15) is 10.5 Å². The molecule has 5 nitrogen and oxygen atoms in total. The summed E-state index contributed by atoms with van der Waals surface area (Å²) in [5, 5.41) is 27.3. The van der Waals surface area contributed by atoms with Crippen LogP contribution >= 0.6 is 0 Å². The van der Waals surface area contributed by atoms with Crippen molar-refractivity contribution in [1.82, 2.24) is 13.7 Å². The molecule has 0 fully saturated rings.